The second-order valence-electron chi connectivity index (χ2n) is 23.9. The Morgan fingerprint density at radius 2 is 1.38 bits per heavy atom. The van der Waals surface area contributed by atoms with Crippen LogP contribution in [0.4, 0.5) is 0 Å². The zero-order chi connectivity index (χ0) is 57.5. The molecule has 5 rings (SSSR count). The topological polar surface area (TPSA) is 308 Å². The van der Waals surface area contributed by atoms with Crippen LogP contribution in [-0.4, -0.2) is 200 Å². The molecule has 11 unspecified atom stereocenters. The van der Waals surface area contributed by atoms with Crippen LogP contribution in [0.15, 0.2) is 12.2 Å². The minimum atomic E-state index is -2.86. The Morgan fingerprint density at radius 1 is 0.803 bits per heavy atom. The van der Waals surface area contributed by atoms with E-state index in [0.29, 0.717) is 24.3 Å². The van der Waals surface area contributed by atoms with Gasteiger partial charge in [0.1, 0.15) is 36.8 Å². The summed E-state index contributed by atoms with van der Waals surface area (Å²) in [5, 5.41) is 65.6. The summed E-state index contributed by atoms with van der Waals surface area (Å²) >= 11 is 0. The molecule has 11 atom stereocenters. The van der Waals surface area contributed by atoms with E-state index in [-0.39, 0.29) is 85.7 Å². The maximum absolute atomic E-state index is 15.8. The highest BCUT2D eigenvalue weighted by atomic mass is 16.7. The molecule has 5 aliphatic rings. The first kappa shape index (κ1) is 61.6. The molecule has 6 N–H and O–H groups in total. The van der Waals surface area contributed by atoms with Gasteiger partial charge in [-0.3, -0.25) is 53.8 Å². The molecule has 0 bridgehead atoms. The lowest BCUT2D eigenvalue weighted by Gasteiger charge is -2.49. The third kappa shape index (κ3) is 12.2. The molecule has 5 saturated heterocycles. The molecule has 0 radical (unpaired) electrons. The molecular weight excluding hydrogens is 993 g/mol. The number of hydrogen-bond acceptors (Lipinski definition) is 16. The van der Waals surface area contributed by atoms with Crippen LogP contribution < -0.4 is 5.32 Å². The third-order valence-corrected chi connectivity index (χ3v) is 15.4. The Labute approximate surface area is 445 Å². The second-order valence-corrected chi connectivity index (χ2v) is 23.9. The summed E-state index contributed by atoms with van der Waals surface area (Å²) < 4.78 is 12.3. The normalized spacial score (nSPS) is 31.9. The molecule has 0 aromatic rings. The molecule has 0 aromatic carbocycles. The van der Waals surface area contributed by atoms with E-state index >= 15 is 4.79 Å². The van der Waals surface area contributed by atoms with Gasteiger partial charge in [-0.1, -0.05) is 75.8 Å². The van der Waals surface area contributed by atoms with Crippen LogP contribution in [0.25, 0.3) is 0 Å². The smallest absolute Gasteiger partial charge is 0.332 e. The van der Waals surface area contributed by atoms with Crippen LogP contribution in [-0.2, 0) is 52.6 Å². The number of fused-ring (bicyclic) bond motifs is 3. The number of esters is 1. The molecule has 0 aliphatic carbocycles. The molecule has 0 aromatic heterocycles. The van der Waals surface area contributed by atoms with Crippen LogP contribution in [0.5, 0.6) is 0 Å². The first-order chi connectivity index (χ1) is 35.1. The number of carbonyl (C=O) groups excluding carboxylic acids is 9. The summed E-state index contributed by atoms with van der Waals surface area (Å²) in [7, 11) is 0. The maximum atomic E-state index is 15.8. The van der Waals surface area contributed by atoms with Gasteiger partial charge < -0.3 is 35.0 Å². The molecule has 24 heteroatoms. The predicted molar refractivity (Wildman–Crippen MR) is 268 cm³/mol. The van der Waals surface area contributed by atoms with Crippen LogP contribution >= 0.6 is 0 Å². The van der Waals surface area contributed by atoms with E-state index in [9.17, 15) is 64.1 Å². The van der Waals surface area contributed by atoms with Crippen molar-refractivity contribution in [1.29, 1.82) is 0 Å². The zero-order valence-electron chi connectivity index (χ0n) is 46.6. The van der Waals surface area contributed by atoms with Crippen molar-refractivity contribution in [1.82, 2.24) is 40.4 Å². The van der Waals surface area contributed by atoms with Gasteiger partial charge in [-0.25, -0.2) is 29.9 Å². The number of ether oxygens (including phenoxy) is 2. The van der Waals surface area contributed by atoms with Gasteiger partial charge in [0.2, 0.25) is 17.6 Å². The maximum Gasteiger partial charge on any atom is 0.332 e. The Balaban J connectivity index is 1.74. The van der Waals surface area contributed by atoms with Gasteiger partial charge in [0.25, 0.3) is 35.4 Å². The molecule has 0 spiro atoms. The number of hydroxylamine groups is 4. The fourth-order valence-electron chi connectivity index (χ4n) is 11.2. The predicted octanol–water partition coefficient (Wildman–Crippen LogP) is 1.65. The number of hydrazine groups is 2. The summed E-state index contributed by atoms with van der Waals surface area (Å²) in [5.41, 5.74) is -6.22. The number of nitrogens with zero attached hydrogens (tertiary/aromatic N) is 7. The van der Waals surface area contributed by atoms with Crippen molar-refractivity contribution in [2.24, 2.45) is 29.1 Å². The molecule has 5 aliphatic heterocycles. The minimum absolute atomic E-state index is 0.0177. The number of carbonyl (C=O) groups is 9. The Kier molecular flexibility index (Phi) is 18.9. The Hall–Kier alpha value is -5.27. The van der Waals surface area contributed by atoms with Gasteiger partial charge >= 0.3 is 5.97 Å². The number of rotatable bonds is 9. The van der Waals surface area contributed by atoms with E-state index in [2.05, 4.69) is 11.9 Å². The van der Waals surface area contributed by atoms with Gasteiger partial charge in [-0.15, -0.1) is 0 Å². The van der Waals surface area contributed by atoms with E-state index in [4.69, 9.17) is 9.47 Å². The van der Waals surface area contributed by atoms with Crippen LogP contribution in [0.1, 0.15) is 148 Å². The Bertz CT molecular complexity index is 2270. The molecule has 5 heterocycles. The lowest BCUT2D eigenvalue weighted by Crippen LogP contribution is -2.71. The fraction of sp³-hybridized carbons (Fsp3) is 0.788. The van der Waals surface area contributed by atoms with Gasteiger partial charge in [0, 0.05) is 37.0 Å². The largest absolute Gasteiger partial charge is 0.458 e. The first-order valence-corrected chi connectivity index (χ1v) is 26.7. The quantitative estimate of drug-likeness (QED) is 0.109. The highest BCUT2D eigenvalue weighted by Gasteiger charge is 2.59. The SMILES string of the molecule is C=C(C)C(=O)N1CCCC2C(=O)N(O)CC(=O)N3C(CCCN3C(=O)C(C)(C)C)C(=O)N3CCC(C)(O)C3C(=O)N(O)C(C(C)C)C(=O)OC(C(C)C)C(NC(=O)C(C)(O)C3(O)CCC(CC(C)C)C(CC)O3)C(=O)N21. The number of hydrogen-bond donors (Lipinski definition) is 6. The minimum Gasteiger partial charge on any atom is -0.458 e. The van der Waals surface area contributed by atoms with E-state index in [1.54, 1.807) is 20.8 Å². The van der Waals surface area contributed by atoms with E-state index in [1.165, 1.54) is 41.5 Å². The summed E-state index contributed by atoms with van der Waals surface area (Å²) in [6.45, 7) is 21.8. The van der Waals surface area contributed by atoms with Crippen molar-refractivity contribution in [3.8, 4) is 0 Å². The second kappa shape index (κ2) is 23.4. The van der Waals surface area contributed by atoms with Crippen LogP contribution in [0, 0.1) is 29.1 Å². The van der Waals surface area contributed by atoms with Crippen LogP contribution in [0.3, 0.4) is 0 Å². The van der Waals surface area contributed by atoms with Crippen molar-refractivity contribution in [3.63, 3.8) is 0 Å². The lowest BCUT2D eigenvalue weighted by molar-refractivity contribution is -0.329. The summed E-state index contributed by atoms with van der Waals surface area (Å²) in [4.78, 5) is 134. The van der Waals surface area contributed by atoms with Crippen molar-refractivity contribution in [2.75, 3.05) is 26.2 Å². The van der Waals surface area contributed by atoms with Crippen molar-refractivity contribution >= 4 is 53.2 Å². The van der Waals surface area contributed by atoms with E-state index in [0.717, 1.165) is 26.9 Å². The van der Waals surface area contributed by atoms with Crippen molar-refractivity contribution in [2.45, 2.75) is 207 Å². The molecule has 5 fully saturated rings. The molecule has 76 heavy (non-hydrogen) atoms. The number of cyclic esters (lactones) is 1. The van der Waals surface area contributed by atoms with Crippen molar-refractivity contribution < 1.29 is 78.4 Å². The first-order valence-electron chi connectivity index (χ1n) is 26.7. The van der Waals surface area contributed by atoms with E-state index in [1.807, 2.05) is 20.8 Å². The molecule has 24 nitrogen and oxygen atoms in total. The molecule has 0 saturated carbocycles. The van der Waals surface area contributed by atoms with Crippen LogP contribution in [0.2, 0.25) is 0 Å². The monoisotopic (exact) mass is 1080 g/mol. The lowest BCUT2D eigenvalue weighted by atomic mass is 9.78. The van der Waals surface area contributed by atoms with Gasteiger partial charge in [-0.2, -0.15) is 0 Å². The summed E-state index contributed by atoms with van der Waals surface area (Å²) in [5.74, 6) is -14.8. The number of aliphatic hydroxyl groups is 3. The third-order valence-electron chi connectivity index (χ3n) is 15.4. The molecular formula is C52H84N8O16. The number of nitrogens with one attached hydrogen (secondary N) is 1. The zero-order valence-corrected chi connectivity index (χ0v) is 46.6. The molecule has 8 amide bonds. The highest BCUT2D eigenvalue weighted by molar-refractivity contribution is 6.00. The highest BCUT2D eigenvalue weighted by Crippen LogP contribution is 2.42. The van der Waals surface area contributed by atoms with Gasteiger partial charge in [-0.05, 0) is 95.8 Å². The van der Waals surface area contributed by atoms with Gasteiger partial charge in [0.05, 0.1) is 11.7 Å². The average Bonchev–Trinajstić information content (AvgIpc) is 3.66. The summed E-state index contributed by atoms with van der Waals surface area (Å²) in [6.07, 6.45) is -1.71. The fourth-order valence-corrected chi connectivity index (χ4v) is 11.2. The standard InChI is InChI=1S/C52H84N8O16/c1-15-35-32(26-28(2)3)20-21-52(72,76-35)51(14,71)47(68)53-37-39(30(6)7)75-46(67)38(29(4)5)60(74)45(66)40-50(13,70)22-25-54(40)42(63)33-18-17-24-56(48(69)49(10,11)12)58(33)36(61)27-57(73)43(64)34-19-16-23-55(41(62)31(8)9)59(34)44(37)65/h28-30,32-35,37-40,70-74H,8,15-27H2,1-7,9-14H3,(H,53,68). The summed E-state index contributed by atoms with van der Waals surface area (Å²) in [6, 6.07) is -9.53. The van der Waals surface area contributed by atoms with Crippen molar-refractivity contribution in [3.05, 3.63) is 12.2 Å². The average molecular weight is 1080 g/mol. The van der Waals surface area contributed by atoms with E-state index < -0.39 is 136 Å². The Morgan fingerprint density at radius 3 is 1.91 bits per heavy atom. The molecule has 428 valence electrons. The number of amides is 8. The van der Waals surface area contributed by atoms with Gasteiger partial charge in [0.15, 0.2) is 11.6 Å².